The van der Waals surface area contributed by atoms with Crippen LogP contribution in [0.15, 0.2) is 19.0 Å². The number of fused-ring (bicyclic) bond motifs is 2. The quantitative estimate of drug-likeness (QED) is 0.0512. The van der Waals surface area contributed by atoms with Crippen molar-refractivity contribution in [2.24, 2.45) is 41.4 Å². The Bertz CT molecular complexity index is 1270. The van der Waals surface area contributed by atoms with Gasteiger partial charge in [0, 0.05) is 5.54 Å². The number of aromatic nitrogens is 2. The molecule has 12 unspecified atom stereocenters. The van der Waals surface area contributed by atoms with Crippen LogP contribution >= 0.6 is 7.82 Å². The van der Waals surface area contributed by atoms with Gasteiger partial charge in [0.2, 0.25) is 0 Å². The first-order chi connectivity index (χ1) is 24.1. The molecule has 13 atom stereocenters. The Morgan fingerprint density at radius 1 is 1.12 bits per heavy atom. The average molecular weight is 736 g/mol. The molecular formula is C37H71BN7O5P. The number of unbranched alkanes of at least 4 members (excludes halogenated alkanes) is 3. The van der Waals surface area contributed by atoms with Gasteiger partial charge in [-0.15, -0.1) is 6.58 Å². The van der Waals surface area contributed by atoms with E-state index in [1.54, 1.807) is 14.7 Å². The molecule has 0 spiro atoms. The van der Waals surface area contributed by atoms with Crippen LogP contribution in [0.3, 0.4) is 0 Å². The van der Waals surface area contributed by atoms with E-state index in [1.807, 2.05) is 4.90 Å². The van der Waals surface area contributed by atoms with Crippen molar-refractivity contribution in [2.75, 3.05) is 42.8 Å². The minimum atomic E-state index is -3.25. The molecule has 1 aromatic heterocycles. The van der Waals surface area contributed by atoms with Gasteiger partial charge in [0.15, 0.2) is 0 Å². The van der Waals surface area contributed by atoms with Crippen molar-refractivity contribution in [3.63, 3.8) is 0 Å². The molecule has 51 heavy (non-hydrogen) atoms. The number of methoxy groups -OCH3 is 1. The van der Waals surface area contributed by atoms with Crippen LogP contribution in [0.4, 0.5) is 17.3 Å². The number of nitrogens with zero attached hydrogens (tertiary/aromatic N) is 3. The number of nitrogens with two attached hydrogens (primary N) is 1. The van der Waals surface area contributed by atoms with Gasteiger partial charge in [0.25, 0.3) is 0 Å². The molecule has 0 amide bonds. The summed E-state index contributed by atoms with van der Waals surface area (Å²) in [6.45, 7) is 27.9. The van der Waals surface area contributed by atoms with Gasteiger partial charge >= 0.3 is 170 Å². The first kappa shape index (κ1) is 42.2. The molecule has 6 N–H and O–H groups in total. The predicted octanol–water partition coefficient (Wildman–Crippen LogP) is 5.31. The number of nitrogens with one attached hydrogen (secondary N) is 3. The Hall–Kier alpha value is -1.57. The molecule has 1 aromatic rings. The number of anilines is 3. The van der Waals surface area contributed by atoms with Gasteiger partial charge in [-0.3, -0.25) is 0 Å². The maximum absolute atomic E-state index is 10.6. The summed E-state index contributed by atoms with van der Waals surface area (Å²) in [5.74, 6) is 5.04. The summed E-state index contributed by atoms with van der Waals surface area (Å²) >= 11 is 0. The Labute approximate surface area is 310 Å². The van der Waals surface area contributed by atoms with Crippen LogP contribution < -0.4 is 26.6 Å². The van der Waals surface area contributed by atoms with Gasteiger partial charge in [0.1, 0.15) is 0 Å². The van der Waals surface area contributed by atoms with Crippen LogP contribution in [-0.2, 0) is 18.5 Å². The van der Waals surface area contributed by atoms with E-state index in [-0.39, 0.29) is 24.5 Å². The van der Waals surface area contributed by atoms with Crippen LogP contribution in [0.1, 0.15) is 94.4 Å². The van der Waals surface area contributed by atoms with E-state index in [0.29, 0.717) is 58.7 Å². The number of ether oxygens (including phenoxy) is 2. The van der Waals surface area contributed by atoms with Gasteiger partial charge in [0.05, 0.1) is 0 Å². The molecule has 0 bridgehead atoms. The Balaban J connectivity index is 1.33. The average Bonchev–Trinajstić information content (AvgIpc) is 3.67. The summed E-state index contributed by atoms with van der Waals surface area (Å²) in [6, 6.07) is 0. The third kappa shape index (κ3) is 9.39. The summed E-state index contributed by atoms with van der Waals surface area (Å²) < 4.78 is 24.0. The molecular weight excluding hydrogens is 664 g/mol. The van der Waals surface area contributed by atoms with Gasteiger partial charge in [-0.1, -0.05) is 67.9 Å². The molecule has 3 aliphatic rings. The van der Waals surface area contributed by atoms with Crippen molar-refractivity contribution in [3.05, 3.63) is 19.0 Å². The van der Waals surface area contributed by atoms with Crippen molar-refractivity contribution < 1.29 is 23.4 Å². The molecule has 12 nitrogen and oxygen atoms in total. The molecule has 292 valence electrons. The number of hydrogen-bond acceptors (Lipinski definition) is 12. The normalized spacial score (nSPS) is 30.1. The topological polar surface area (TPSA) is 148 Å². The summed E-state index contributed by atoms with van der Waals surface area (Å²) in [4.78, 5) is 21.3. The Kier molecular flexibility index (Phi) is 15.0. The summed E-state index contributed by atoms with van der Waals surface area (Å²) in [7, 11) is -0.00387. The maximum atomic E-state index is 10.6. The summed E-state index contributed by atoms with van der Waals surface area (Å²) in [6.07, 6.45) is 7.00. The SMILES string of the molecule is B[PH]1(O)OCC2OC(N3c4ncnc(N)c4NC3NCCCCCCNC(C)(C(C)C(C)C(C)C=C)C(C)C(C)C(C)C(C)CC)C(OC)[C@@H]2O1. The van der Waals surface area contributed by atoms with Crippen molar-refractivity contribution in [2.45, 2.75) is 131 Å². The molecule has 2 saturated heterocycles. The zero-order valence-electron chi connectivity index (χ0n) is 33.4. The van der Waals surface area contributed by atoms with Gasteiger partial charge in [-0.25, -0.2) is 0 Å². The van der Waals surface area contributed by atoms with E-state index in [9.17, 15) is 4.89 Å². The van der Waals surface area contributed by atoms with Crippen LogP contribution in [0, 0.1) is 41.4 Å². The van der Waals surface area contributed by atoms with E-state index in [0.717, 1.165) is 38.8 Å². The zero-order valence-corrected chi connectivity index (χ0v) is 34.4. The summed E-state index contributed by atoms with van der Waals surface area (Å²) in [5, 5.41) is 11.2. The van der Waals surface area contributed by atoms with E-state index < -0.39 is 26.3 Å². The monoisotopic (exact) mass is 736 g/mol. The molecule has 4 heterocycles. The second-order valence-corrected chi connectivity index (χ2v) is 18.5. The molecule has 4 rings (SSSR count). The van der Waals surface area contributed by atoms with Crippen molar-refractivity contribution in [3.8, 4) is 0 Å². The third-order valence-electron chi connectivity index (χ3n) is 13.4. The molecule has 14 heteroatoms. The first-order valence-corrected chi connectivity index (χ1v) is 21.9. The van der Waals surface area contributed by atoms with Crippen LogP contribution in [0.25, 0.3) is 0 Å². The fraction of sp³-hybridized carbons (Fsp3) is 0.838. The second kappa shape index (κ2) is 18.2. The standard InChI is InChI=1S/C37H71BN7O5P/c1-12-22(3)24(5)26(7)28(9)37(10,27(8)25(6)23(4)13-2)43-19-17-15-14-16-18-40-36-44-30-33(39)41-21-42-34(30)45(36)35-32(47-11)31-29(49-35)20-48-51(38,46)50-31/h13,21-29,31-32,35-36,40,43-44,46,51H,2,12,14-20,38H2,1,3-11H3,(H2,39,41,42)/t22?,23?,24?,25?,26?,27?,28?,29?,31-,32?,35?,36?,37?/m1/s1. The van der Waals surface area contributed by atoms with Crippen LogP contribution in [-0.4, -0.2) is 85.6 Å². The number of hydrogen-bond donors (Lipinski definition) is 5. The predicted molar refractivity (Wildman–Crippen MR) is 213 cm³/mol. The molecule has 3 aliphatic heterocycles. The van der Waals surface area contributed by atoms with Gasteiger partial charge in [-0.2, -0.15) is 0 Å². The van der Waals surface area contributed by atoms with E-state index in [2.05, 4.69) is 101 Å². The molecule has 0 radical (unpaired) electrons. The molecule has 0 aliphatic carbocycles. The fourth-order valence-corrected chi connectivity index (χ4v) is 9.83. The number of rotatable bonds is 20. The van der Waals surface area contributed by atoms with E-state index in [4.69, 9.17) is 24.3 Å². The number of allylic oxidation sites excluding steroid dienone is 1. The van der Waals surface area contributed by atoms with E-state index >= 15 is 0 Å². The second-order valence-electron chi connectivity index (χ2n) is 16.2. The molecule has 0 aromatic carbocycles. The van der Waals surface area contributed by atoms with Crippen LogP contribution in [0.5, 0.6) is 0 Å². The number of nitrogen functional groups attached to an aromatic ring is 1. The third-order valence-corrected chi connectivity index (χ3v) is 14.8. The molecule has 2 fully saturated rings. The van der Waals surface area contributed by atoms with Crippen molar-refractivity contribution >= 4 is 32.7 Å². The van der Waals surface area contributed by atoms with Crippen LogP contribution in [0.2, 0.25) is 0 Å². The molecule has 0 saturated carbocycles. The van der Waals surface area contributed by atoms with Gasteiger partial charge < -0.3 is 5.32 Å². The first-order valence-electron chi connectivity index (χ1n) is 19.6. The van der Waals surface area contributed by atoms with Crippen molar-refractivity contribution in [1.29, 1.82) is 0 Å². The van der Waals surface area contributed by atoms with E-state index in [1.165, 1.54) is 12.7 Å². The zero-order chi connectivity index (χ0) is 37.7. The van der Waals surface area contributed by atoms with Crippen molar-refractivity contribution in [1.82, 2.24) is 20.6 Å². The fourth-order valence-electron chi connectivity index (χ4n) is 8.50. The minimum absolute atomic E-state index is 0.0196. The Morgan fingerprint density at radius 3 is 2.43 bits per heavy atom. The summed E-state index contributed by atoms with van der Waals surface area (Å²) in [5.41, 5.74) is 6.95. The Morgan fingerprint density at radius 2 is 1.78 bits per heavy atom. The van der Waals surface area contributed by atoms with Gasteiger partial charge in [-0.05, 0) is 54.9 Å².